The smallest absolute Gasteiger partial charge is 0.204 e. The van der Waals surface area contributed by atoms with Crippen molar-refractivity contribution in [1.29, 1.82) is 0 Å². The third-order valence-electron chi connectivity index (χ3n) is 4.81. The quantitative estimate of drug-likeness (QED) is 0.578. The lowest BCUT2D eigenvalue weighted by Crippen LogP contribution is -2.27. The van der Waals surface area contributed by atoms with Crippen LogP contribution in [0.25, 0.3) is 28.2 Å². The van der Waals surface area contributed by atoms with Crippen LogP contribution in [0.15, 0.2) is 51.9 Å². The summed E-state index contributed by atoms with van der Waals surface area (Å²) >= 11 is 0. The summed E-state index contributed by atoms with van der Waals surface area (Å²) in [4.78, 5) is 13.4. The number of fused-ring (bicyclic) bond motifs is 2. The second-order valence-corrected chi connectivity index (χ2v) is 7.40. The average Bonchev–Trinajstić information content (AvgIpc) is 2.68. The Kier molecular flexibility index (Phi) is 4.82. The molecule has 0 saturated heterocycles. The second-order valence-electron chi connectivity index (χ2n) is 7.40. The third kappa shape index (κ3) is 3.48. The monoisotopic (exact) mass is 392 g/mol. The van der Waals surface area contributed by atoms with Gasteiger partial charge in [-0.3, -0.25) is 4.79 Å². The summed E-state index contributed by atoms with van der Waals surface area (Å²) in [6.45, 7) is 8.79. The van der Waals surface area contributed by atoms with Gasteiger partial charge in [0.15, 0.2) is 0 Å². The first kappa shape index (κ1) is 19.1. The molecule has 0 spiro atoms. The van der Waals surface area contributed by atoms with E-state index in [4.69, 9.17) is 18.6 Å². The molecule has 150 valence electrons. The van der Waals surface area contributed by atoms with Gasteiger partial charge in [-0.25, -0.2) is 0 Å². The Bertz CT molecular complexity index is 1140. The van der Waals surface area contributed by atoms with E-state index in [0.29, 0.717) is 41.2 Å². The van der Waals surface area contributed by atoms with Crippen LogP contribution in [0.5, 0.6) is 17.2 Å². The number of ether oxygens (including phenoxy) is 3. The van der Waals surface area contributed by atoms with Crippen molar-refractivity contribution in [1.82, 2.24) is 0 Å². The average molecular weight is 392 g/mol. The van der Waals surface area contributed by atoms with Gasteiger partial charge >= 0.3 is 0 Å². The fourth-order valence-electron chi connectivity index (χ4n) is 3.48. The molecule has 0 aliphatic carbocycles. The Morgan fingerprint density at radius 3 is 2.45 bits per heavy atom. The summed E-state index contributed by atoms with van der Waals surface area (Å²) < 4.78 is 23.3. The highest BCUT2D eigenvalue weighted by Crippen LogP contribution is 2.41. The molecule has 0 radical (unpaired) electrons. The van der Waals surface area contributed by atoms with E-state index >= 15 is 0 Å². The lowest BCUT2D eigenvalue weighted by Gasteiger charge is -2.29. The van der Waals surface area contributed by atoms with Gasteiger partial charge in [-0.05, 0) is 57.5 Å². The molecule has 2 heterocycles. The fourth-order valence-corrected chi connectivity index (χ4v) is 3.48. The number of hydrogen-bond acceptors (Lipinski definition) is 5. The van der Waals surface area contributed by atoms with E-state index in [1.165, 1.54) is 6.26 Å². The molecule has 0 unspecified atom stereocenters. The Balaban J connectivity index is 1.91. The summed E-state index contributed by atoms with van der Waals surface area (Å²) in [5.41, 5.74) is 1.86. The second kappa shape index (κ2) is 7.32. The maximum atomic E-state index is 13.4. The molecule has 29 heavy (non-hydrogen) atoms. The van der Waals surface area contributed by atoms with Crippen LogP contribution >= 0.6 is 0 Å². The normalized spacial score (nSPS) is 14.3. The standard InChI is InChI=1S/C24H24O5/c1-5-26-16-9-7-15(8-10-16)18-14-28-20-13-19-17(11-12-24(3,4)29-19)23(27-6-2)21(20)22(18)25/h7-14H,5-6H2,1-4H3. The van der Waals surface area contributed by atoms with Crippen LogP contribution in [0.3, 0.4) is 0 Å². The molecule has 1 aromatic heterocycles. The number of rotatable bonds is 5. The van der Waals surface area contributed by atoms with Crippen molar-refractivity contribution in [2.75, 3.05) is 13.2 Å². The molecule has 0 fully saturated rings. The van der Waals surface area contributed by atoms with Gasteiger partial charge in [-0.2, -0.15) is 0 Å². The van der Waals surface area contributed by atoms with Crippen molar-refractivity contribution in [2.24, 2.45) is 0 Å². The SMILES string of the molecule is CCOc1ccc(-c2coc3cc4c(c(OCC)c3c2=O)C=CC(C)(C)O4)cc1. The molecule has 4 rings (SSSR count). The maximum Gasteiger partial charge on any atom is 0.204 e. The minimum absolute atomic E-state index is 0.139. The van der Waals surface area contributed by atoms with Crippen molar-refractivity contribution < 1.29 is 18.6 Å². The van der Waals surface area contributed by atoms with Crippen LogP contribution in [0.1, 0.15) is 33.3 Å². The first-order valence-corrected chi connectivity index (χ1v) is 9.80. The molecule has 0 N–H and O–H groups in total. The summed E-state index contributed by atoms with van der Waals surface area (Å²) in [5.74, 6) is 1.90. The summed E-state index contributed by atoms with van der Waals surface area (Å²) in [6.07, 6.45) is 5.40. The zero-order valence-corrected chi connectivity index (χ0v) is 17.1. The van der Waals surface area contributed by atoms with E-state index in [9.17, 15) is 4.79 Å². The van der Waals surface area contributed by atoms with Gasteiger partial charge in [0.1, 0.15) is 40.1 Å². The Morgan fingerprint density at radius 2 is 1.76 bits per heavy atom. The van der Waals surface area contributed by atoms with Gasteiger partial charge in [-0.1, -0.05) is 12.1 Å². The van der Waals surface area contributed by atoms with Crippen molar-refractivity contribution in [2.45, 2.75) is 33.3 Å². The lowest BCUT2D eigenvalue weighted by molar-refractivity contribution is 0.158. The van der Waals surface area contributed by atoms with Crippen LogP contribution in [0.4, 0.5) is 0 Å². The molecular formula is C24H24O5. The molecule has 5 nitrogen and oxygen atoms in total. The largest absolute Gasteiger partial charge is 0.494 e. The molecule has 5 heteroatoms. The van der Waals surface area contributed by atoms with E-state index in [2.05, 4.69) is 0 Å². The van der Waals surface area contributed by atoms with Gasteiger partial charge in [0.2, 0.25) is 5.43 Å². The zero-order chi connectivity index (χ0) is 20.6. The van der Waals surface area contributed by atoms with E-state index in [0.717, 1.165) is 16.9 Å². The summed E-state index contributed by atoms with van der Waals surface area (Å²) in [6, 6.07) is 9.16. The van der Waals surface area contributed by atoms with E-state index in [-0.39, 0.29) is 5.43 Å². The molecule has 0 amide bonds. The Hall–Kier alpha value is -3.21. The summed E-state index contributed by atoms with van der Waals surface area (Å²) in [5, 5.41) is 0.421. The Morgan fingerprint density at radius 1 is 1.03 bits per heavy atom. The zero-order valence-electron chi connectivity index (χ0n) is 17.1. The first-order valence-electron chi connectivity index (χ1n) is 9.80. The maximum absolute atomic E-state index is 13.4. The molecule has 0 saturated carbocycles. The highest BCUT2D eigenvalue weighted by molar-refractivity contribution is 5.93. The predicted octanol–water partition coefficient (Wildman–Crippen LogP) is 5.44. The van der Waals surface area contributed by atoms with Gasteiger partial charge < -0.3 is 18.6 Å². The van der Waals surface area contributed by atoms with Crippen LogP contribution < -0.4 is 19.6 Å². The van der Waals surface area contributed by atoms with Crippen LogP contribution in [0.2, 0.25) is 0 Å². The molecule has 1 aliphatic rings. The van der Waals surface area contributed by atoms with Gasteiger partial charge in [0.05, 0.1) is 24.3 Å². The molecule has 1 aliphatic heterocycles. The molecule has 0 bridgehead atoms. The molecule has 3 aromatic rings. The van der Waals surface area contributed by atoms with Crippen LogP contribution in [-0.4, -0.2) is 18.8 Å². The fraction of sp³-hybridized carbons (Fsp3) is 0.292. The summed E-state index contributed by atoms with van der Waals surface area (Å²) in [7, 11) is 0. The predicted molar refractivity (Wildman–Crippen MR) is 114 cm³/mol. The molecule has 2 aromatic carbocycles. The minimum atomic E-state index is -0.438. The van der Waals surface area contributed by atoms with E-state index < -0.39 is 5.60 Å². The van der Waals surface area contributed by atoms with Crippen molar-refractivity contribution in [3.63, 3.8) is 0 Å². The molecule has 0 atom stereocenters. The lowest BCUT2D eigenvalue weighted by atomic mass is 9.98. The van der Waals surface area contributed by atoms with Crippen molar-refractivity contribution in [3.8, 4) is 28.4 Å². The topological polar surface area (TPSA) is 57.9 Å². The minimum Gasteiger partial charge on any atom is -0.494 e. The third-order valence-corrected chi connectivity index (χ3v) is 4.81. The van der Waals surface area contributed by atoms with Crippen LogP contribution in [-0.2, 0) is 0 Å². The highest BCUT2D eigenvalue weighted by Gasteiger charge is 2.27. The van der Waals surface area contributed by atoms with E-state index in [1.54, 1.807) is 6.07 Å². The van der Waals surface area contributed by atoms with Crippen LogP contribution in [0, 0.1) is 0 Å². The van der Waals surface area contributed by atoms with E-state index in [1.807, 2.05) is 64.1 Å². The molecular weight excluding hydrogens is 368 g/mol. The Labute approximate surface area is 169 Å². The number of hydrogen-bond donors (Lipinski definition) is 0. The van der Waals surface area contributed by atoms with Gasteiger partial charge in [0.25, 0.3) is 0 Å². The highest BCUT2D eigenvalue weighted by atomic mass is 16.5. The van der Waals surface area contributed by atoms with Crippen molar-refractivity contribution in [3.05, 3.63) is 58.5 Å². The number of benzene rings is 2. The van der Waals surface area contributed by atoms with Crippen molar-refractivity contribution >= 4 is 17.0 Å². The first-order chi connectivity index (χ1) is 13.9. The van der Waals surface area contributed by atoms with Gasteiger partial charge in [0, 0.05) is 6.07 Å². The van der Waals surface area contributed by atoms with Gasteiger partial charge in [-0.15, -0.1) is 0 Å².